The first-order chi connectivity index (χ1) is 5.91. The average molecular weight is 509 g/mol. The Hall–Kier alpha value is 1.61. The van der Waals surface area contributed by atoms with Crippen LogP contribution in [-0.4, -0.2) is 20.6 Å². The number of ether oxygens (including phenoxy) is 1. The molecule has 0 unspecified atom stereocenters. The van der Waals surface area contributed by atoms with Gasteiger partial charge in [-0.2, -0.15) is 0 Å². The van der Waals surface area contributed by atoms with E-state index in [0.29, 0.717) is 4.48 Å². The van der Waals surface area contributed by atoms with Gasteiger partial charge in [-0.1, -0.05) is 63.7 Å². The SMILES string of the molecule is COC(=O)C(Br)=C(C(Br)Br)C(Br)Br. The number of hydrogen-bond donors (Lipinski definition) is 0. The maximum absolute atomic E-state index is 11.2. The molecule has 13 heavy (non-hydrogen) atoms. The minimum atomic E-state index is -0.414. The lowest BCUT2D eigenvalue weighted by Crippen LogP contribution is -2.10. The zero-order chi connectivity index (χ0) is 10.6. The lowest BCUT2D eigenvalue weighted by molar-refractivity contribution is -0.135. The summed E-state index contributed by atoms with van der Waals surface area (Å²) in [6.07, 6.45) is 0. The van der Waals surface area contributed by atoms with Gasteiger partial charge in [0.25, 0.3) is 0 Å². The molecule has 0 aliphatic heterocycles. The summed E-state index contributed by atoms with van der Waals surface area (Å²) in [6.45, 7) is 0. The molecular formula is C6H5Br5O2. The van der Waals surface area contributed by atoms with E-state index >= 15 is 0 Å². The first-order valence-corrected chi connectivity index (χ1v) is 7.41. The molecule has 0 rings (SSSR count). The van der Waals surface area contributed by atoms with E-state index in [1.807, 2.05) is 0 Å². The molecule has 7 heteroatoms. The number of methoxy groups -OCH3 is 1. The van der Waals surface area contributed by atoms with Crippen molar-refractivity contribution < 1.29 is 9.53 Å². The maximum atomic E-state index is 11.2. The van der Waals surface area contributed by atoms with Crippen molar-refractivity contribution in [2.45, 2.75) is 7.47 Å². The van der Waals surface area contributed by atoms with Crippen LogP contribution in [0.3, 0.4) is 0 Å². The molecule has 0 N–H and O–H groups in total. The van der Waals surface area contributed by atoms with Crippen LogP contribution in [0.2, 0.25) is 0 Å². The predicted octanol–water partition coefficient (Wildman–Crippen LogP) is 4.04. The van der Waals surface area contributed by atoms with Crippen molar-refractivity contribution in [3.05, 3.63) is 10.1 Å². The van der Waals surface area contributed by atoms with Gasteiger partial charge in [-0.3, -0.25) is 0 Å². The first-order valence-electron chi connectivity index (χ1n) is 2.96. The number of carbonyl (C=O) groups excluding carboxylic acids is 1. The molecule has 76 valence electrons. The highest BCUT2D eigenvalue weighted by atomic mass is 79.9. The van der Waals surface area contributed by atoms with E-state index in [0.717, 1.165) is 5.57 Å². The number of hydrogen-bond acceptors (Lipinski definition) is 2. The summed E-state index contributed by atoms with van der Waals surface area (Å²) >= 11 is 16.4. The number of allylic oxidation sites excluding steroid dienone is 1. The Bertz CT molecular complexity index is 213. The van der Waals surface area contributed by atoms with Crippen molar-refractivity contribution >= 4 is 85.6 Å². The maximum Gasteiger partial charge on any atom is 0.345 e. The van der Waals surface area contributed by atoms with Gasteiger partial charge in [-0.15, -0.1) is 0 Å². The molecule has 0 aromatic rings. The Balaban J connectivity index is 4.97. The van der Waals surface area contributed by atoms with Crippen LogP contribution >= 0.6 is 79.6 Å². The molecule has 0 aromatic carbocycles. The van der Waals surface area contributed by atoms with Crippen molar-refractivity contribution in [1.29, 1.82) is 0 Å². The molecule has 0 aliphatic rings. The normalized spacial score (nSPS) is 10.5. The number of alkyl halides is 4. The minimum Gasteiger partial charge on any atom is -0.465 e. The van der Waals surface area contributed by atoms with Crippen LogP contribution in [0.15, 0.2) is 10.1 Å². The molecule has 0 heterocycles. The van der Waals surface area contributed by atoms with Crippen LogP contribution in [0.25, 0.3) is 0 Å². The Morgan fingerprint density at radius 2 is 1.54 bits per heavy atom. The van der Waals surface area contributed by atoms with Crippen molar-refractivity contribution in [3.8, 4) is 0 Å². The van der Waals surface area contributed by atoms with Crippen molar-refractivity contribution in [3.63, 3.8) is 0 Å². The highest BCUT2D eigenvalue weighted by molar-refractivity contribution is 9.26. The zero-order valence-corrected chi connectivity index (χ0v) is 14.3. The van der Waals surface area contributed by atoms with E-state index in [9.17, 15) is 4.79 Å². The van der Waals surface area contributed by atoms with Crippen molar-refractivity contribution in [2.75, 3.05) is 7.11 Å². The Morgan fingerprint density at radius 1 is 1.15 bits per heavy atom. The molecule has 2 nitrogen and oxygen atoms in total. The van der Waals surface area contributed by atoms with Gasteiger partial charge < -0.3 is 4.74 Å². The highest BCUT2D eigenvalue weighted by Gasteiger charge is 2.22. The molecule has 0 saturated carbocycles. The molecule has 0 fully saturated rings. The third-order valence-corrected chi connectivity index (χ3v) is 3.84. The average Bonchev–Trinajstić information content (AvgIpc) is 2.01. The van der Waals surface area contributed by atoms with Gasteiger partial charge in [0.15, 0.2) is 0 Å². The van der Waals surface area contributed by atoms with Crippen molar-refractivity contribution in [2.24, 2.45) is 0 Å². The van der Waals surface area contributed by atoms with Crippen LogP contribution < -0.4 is 0 Å². The first kappa shape index (κ1) is 14.6. The molecule has 0 bridgehead atoms. The minimum absolute atomic E-state index is 0.114. The molecule has 0 aliphatic carbocycles. The van der Waals surface area contributed by atoms with Gasteiger partial charge in [0.2, 0.25) is 0 Å². The third kappa shape index (κ3) is 4.77. The van der Waals surface area contributed by atoms with E-state index in [1.165, 1.54) is 7.11 Å². The molecule has 0 spiro atoms. The molecular weight excluding hydrogens is 504 g/mol. The highest BCUT2D eigenvalue weighted by Crippen LogP contribution is 2.34. The van der Waals surface area contributed by atoms with Gasteiger partial charge >= 0.3 is 5.97 Å². The molecule has 0 amide bonds. The second-order valence-corrected chi connectivity index (χ2v) is 8.78. The summed E-state index contributed by atoms with van der Waals surface area (Å²) in [6, 6.07) is 0. The lowest BCUT2D eigenvalue weighted by atomic mass is 10.3. The van der Waals surface area contributed by atoms with E-state index < -0.39 is 5.97 Å². The molecule has 0 radical (unpaired) electrons. The fourth-order valence-corrected chi connectivity index (χ4v) is 5.73. The van der Waals surface area contributed by atoms with Crippen molar-refractivity contribution in [1.82, 2.24) is 0 Å². The Labute approximate surface area is 118 Å². The quantitative estimate of drug-likeness (QED) is 0.327. The van der Waals surface area contributed by atoms with E-state index in [2.05, 4.69) is 84.4 Å². The number of halogens is 5. The smallest absolute Gasteiger partial charge is 0.345 e. The van der Waals surface area contributed by atoms with Crippen LogP contribution in [0.4, 0.5) is 0 Å². The zero-order valence-electron chi connectivity index (χ0n) is 6.36. The molecule has 0 aromatic heterocycles. The predicted molar refractivity (Wildman–Crippen MR) is 71.3 cm³/mol. The number of rotatable bonds is 3. The summed E-state index contributed by atoms with van der Waals surface area (Å²) in [4.78, 5) is 11.2. The number of carbonyl (C=O) groups is 1. The fraction of sp³-hybridized carbons (Fsp3) is 0.500. The monoisotopic (exact) mass is 504 g/mol. The summed E-state index contributed by atoms with van der Waals surface area (Å²) in [7, 11) is 1.33. The van der Waals surface area contributed by atoms with Crippen LogP contribution in [0, 0.1) is 0 Å². The van der Waals surface area contributed by atoms with Crippen LogP contribution in [0.5, 0.6) is 0 Å². The lowest BCUT2D eigenvalue weighted by Gasteiger charge is -2.12. The summed E-state index contributed by atoms with van der Waals surface area (Å²) in [5.74, 6) is -0.414. The topological polar surface area (TPSA) is 26.3 Å². The molecule has 0 atom stereocenters. The van der Waals surface area contributed by atoms with Gasteiger partial charge in [-0.25, -0.2) is 4.79 Å². The third-order valence-electron chi connectivity index (χ3n) is 1.09. The summed E-state index contributed by atoms with van der Waals surface area (Å²) in [5.41, 5.74) is 0.770. The van der Waals surface area contributed by atoms with E-state index in [-0.39, 0.29) is 7.47 Å². The van der Waals surface area contributed by atoms with Gasteiger partial charge in [0.1, 0.15) is 4.48 Å². The number of esters is 1. The van der Waals surface area contributed by atoms with Gasteiger partial charge in [0, 0.05) is 0 Å². The van der Waals surface area contributed by atoms with Crippen LogP contribution in [-0.2, 0) is 9.53 Å². The fourth-order valence-electron chi connectivity index (χ4n) is 0.494. The second kappa shape index (κ2) is 6.98. The Kier molecular flexibility index (Phi) is 7.84. The largest absolute Gasteiger partial charge is 0.465 e. The van der Waals surface area contributed by atoms with E-state index in [4.69, 9.17) is 0 Å². The van der Waals surface area contributed by atoms with Crippen LogP contribution in [0.1, 0.15) is 0 Å². The van der Waals surface area contributed by atoms with Gasteiger partial charge in [-0.05, 0) is 21.5 Å². The summed E-state index contributed by atoms with van der Waals surface area (Å²) in [5, 5.41) is 0. The van der Waals surface area contributed by atoms with Gasteiger partial charge in [0.05, 0.1) is 14.6 Å². The van der Waals surface area contributed by atoms with E-state index in [1.54, 1.807) is 0 Å². The second-order valence-electron chi connectivity index (χ2n) is 1.86. The molecule has 0 saturated heterocycles. The standard InChI is InChI=1S/C6H5Br5O2/c1-13-6(12)3(7)2(4(8)9)5(10)11/h4-5H,1H3. The summed E-state index contributed by atoms with van der Waals surface area (Å²) < 4.78 is 4.72. The Morgan fingerprint density at radius 3 is 1.77 bits per heavy atom.